The Bertz CT molecular complexity index is 131. The van der Waals surface area contributed by atoms with Crippen LogP contribution in [0.4, 0.5) is 0 Å². The zero-order valence-electron chi connectivity index (χ0n) is 10.4. The Morgan fingerprint density at radius 2 is 1.60 bits per heavy atom. The van der Waals surface area contributed by atoms with E-state index in [1.807, 2.05) is 6.08 Å². The fourth-order valence-electron chi connectivity index (χ4n) is 1.80. The van der Waals surface area contributed by atoms with Crippen molar-refractivity contribution in [3.63, 3.8) is 0 Å². The van der Waals surface area contributed by atoms with Crippen molar-refractivity contribution >= 4 is 0 Å². The number of unbranched alkanes of at least 4 members (excludes halogenated alkanes) is 6. The summed E-state index contributed by atoms with van der Waals surface area (Å²) in [5.41, 5.74) is 0. The highest BCUT2D eigenvalue weighted by Crippen LogP contribution is 2.11. The van der Waals surface area contributed by atoms with Crippen LogP contribution in [0.1, 0.15) is 71.1 Å². The Morgan fingerprint density at radius 1 is 1.00 bits per heavy atom. The fraction of sp³-hybridized carbons (Fsp3) is 0.857. The van der Waals surface area contributed by atoms with Crippen LogP contribution in [0.3, 0.4) is 0 Å². The molecule has 0 aliphatic carbocycles. The molecule has 0 bridgehead atoms. The van der Waals surface area contributed by atoms with Crippen molar-refractivity contribution in [1.82, 2.24) is 0 Å². The van der Waals surface area contributed by atoms with Gasteiger partial charge in [0.15, 0.2) is 0 Å². The molecule has 90 valence electrons. The Kier molecular flexibility index (Phi) is 11.5. The molecule has 0 saturated carbocycles. The van der Waals surface area contributed by atoms with Crippen LogP contribution < -0.4 is 0 Å². The second-order valence-electron chi connectivity index (χ2n) is 4.43. The number of rotatable bonds is 11. The number of aliphatic hydroxyl groups is 1. The van der Waals surface area contributed by atoms with Crippen molar-refractivity contribution in [1.29, 1.82) is 0 Å². The van der Waals surface area contributed by atoms with Crippen molar-refractivity contribution in [2.24, 2.45) is 0 Å². The number of hydrogen-bond donors (Lipinski definition) is 1. The van der Waals surface area contributed by atoms with Crippen LogP contribution in [-0.2, 0) is 0 Å². The monoisotopic (exact) mass is 212 g/mol. The third kappa shape index (κ3) is 11.6. The van der Waals surface area contributed by atoms with Gasteiger partial charge in [-0.3, -0.25) is 0 Å². The standard InChI is InChI=1S/C14H28O/c1-3-5-7-8-9-11-13-14(15)12-10-6-4-2/h4,14-15H,2-3,5-13H2,1H3. The van der Waals surface area contributed by atoms with E-state index in [-0.39, 0.29) is 6.10 Å². The molecule has 0 aliphatic rings. The first kappa shape index (κ1) is 14.7. The molecule has 0 aromatic carbocycles. The van der Waals surface area contributed by atoms with E-state index < -0.39 is 0 Å². The molecule has 1 nitrogen and oxygen atoms in total. The minimum absolute atomic E-state index is 0.0730. The number of aliphatic hydroxyl groups excluding tert-OH is 1. The van der Waals surface area contributed by atoms with Crippen LogP contribution in [0.2, 0.25) is 0 Å². The molecule has 0 heterocycles. The molecule has 0 radical (unpaired) electrons. The Balaban J connectivity index is 3.09. The first-order valence-electron chi connectivity index (χ1n) is 6.60. The maximum atomic E-state index is 9.64. The molecule has 0 amide bonds. The topological polar surface area (TPSA) is 20.2 Å². The summed E-state index contributed by atoms with van der Waals surface area (Å²) in [6.07, 6.45) is 13.8. The third-order valence-electron chi connectivity index (χ3n) is 2.84. The molecule has 0 saturated heterocycles. The molecule has 0 aliphatic heterocycles. The van der Waals surface area contributed by atoms with E-state index >= 15 is 0 Å². The molecule has 0 aromatic heterocycles. The van der Waals surface area contributed by atoms with E-state index in [2.05, 4.69) is 13.5 Å². The summed E-state index contributed by atoms with van der Waals surface area (Å²) in [5.74, 6) is 0. The molecular weight excluding hydrogens is 184 g/mol. The number of allylic oxidation sites excluding steroid dienone is 1. The maximum absolute atomic E-state index is 9.64. The van der Waals surface area contributed by atoms with E-state index in [0.29, 0.717) is 0 Å². The first-order valence-corrected chi connectivity index (χ1v) is 6.60. The highest BCUT2D eigenvalue weighted by Gasteiger charge is 2.02. The van der Waals surface area contributed by atoms with E-state index in [1.54, 1.807) is 0 Å². The molecule has 0 rings (SSSR count). The van der Waals surface area contributed by atoms with E-state index in [9.17, 15) is 5.11 Å². The van der Waals surface area contributed by atoms with Gasteiger partial charge in [-0.25, -0.2) is 0 Å². The van der Waals surface area contributed by atoms with Gasteiger partial charge in [-0.2, -0.15) is 0 Å². The molecule has 1 unspecified atom stereocenters. The second-order valence-corrected chi connectivity index (χ2v) is 4.43. The van der Waals surface area contributed by atoms with Gasteiger partial charge >= 0.3 is 0 Å². The molecule has 1 atom stereocenters. The fourth-order valence-corrected chi connectivity index (χ4v) is 1.80. The summed E-state index contributed by atoms with van der Waals surface area (Å²) in [4.78, 5) is 0. The lowest BCUT2D eigenvalue weighted by atomic mass is 10.0. The van der Waals surface area contributed by atoms with E-state index in [1.165, 1.54) is 38.5 Å². The van der Waals surface area contributed by atoms with Gasteiger partial charge in [0, 0.05) is 0 Å². The average Bonchev–Trinajstić information content (AvgIpc) is 2.23. The summed E-state index contributed by atoms with van der Waals surface area (Å²) in [6, 6.07) is 0. The summed E-state index contributed by atoms with van der Waals surface area (Å²) in [6.45, 7) is 5.92. The summed E-state index contributed by atoms with van der Waals surface area (Å²) >= 11 is 0. The highest BCUT2D eigenvalue weighted by atomic mass is 16.3. The Morgan fingerprint density at radius 3 is 2.27 bits per heavy atom. The van der Waals surface area contributed by atoms with Crippen LogP contribution >= 0.6 is 0 Å². The molecule has 1 N–H and O–H groups in total. The molecule has 0 spiro atoms. The minimum Gasteiger partial charge on any atom is -0.393 e. The maximum Gasteiger partial charge on any atom is 0.0540 e. The second kappa shape index (κ2) is 11.8. The van der Waals surface area contributed by atoms with Crippen molar-refractivity contribution in [2.75, 3.05) is 0 Å². The normalized spacial score (nSPS) is 12.7. The van der Waals surface area contributed by atoms with E-state index in [4.69, 9.17) is 0 Å². The van der Waals surface area contributed by atoms with Gasteiger partial charge in [0.2, 0.25) is 0 Å². The van der Waals surface area contributed by atoms with Crippen LogP contribution in [0, 0.1) is 0 Å². The van der Waals surface area contributed by atoms with Crippen LogP contribution in [0.15, 0.2) is 12.7 Å². The number of hydrogen-bond acceptors (Lipinski definition) is 1. The van der Waals surface area contributed by atoms with Crippen LogP contribution in [0.25, 0.3) is 0 Å². The van der Waals surface area contributed by atoms with Gasteiger partial charge in [0.25, 0.3) is 0 Å². The van der Waals surface area contributed by atoms with Gasteiger partial charge in [0.1, 0.15) is 0 Å². The summed E-state index contributed by atoms with van der Waals surface area (Å²) in [7, 11) is 0. The van der Waals surface area contributed by atoms with Gasteiger partial charge < -0.3 is 5.11 Å². The smallest absolute Gasteiger partial charge is 0.0540 e. The Labute approximate surface area is 95.6 Å². The lowest BCUT2D eigenvalue weighted by molar-refractivity contribution is 0.148. The third-order valence-corrected chi connectivity index (χ3v) is 2.84. The van der Waals surface area contributed by atoms with Gasteiger partial charge in [-0.05, 0) is 25.7 Å². The van der Waals surface area contributed by atoms with Gasteiger partial charge in [-0.15, -0.1) is 6.58 Å². The molecule has 0 fully saturated rings. The lowest BCUT2D eigenvalue weighted by Crippen LogP contribution is -2.05. The zero-order chi connectivity index (χ0) is 11.4. The largest absolute Gasteiger partial charge is 0.393 e. The zero-order valence-corrected chi connectivity index (χ0v) is 10.4. The van der Waals surface area contributed by atoms with Crippen molar-refractivity contribution in [2.45, 2.75) is 77.2 Å². The minimum atomic E-state index is -0.0730. The van der Waals surface area contributed by atoms with Gasteiger partial charge in [0.05, 0.1) is 6.10 Å². The lowest BCUT2D eigenvalue weighted by Gasteiger charge is -2.09. The summed E-state index contributed by atoms with van der Waals surface area (Å²) < 4.78 is 0. The predicted octanol–water partition coefficient (Wildman–Crippen LogP) is 4.45. The predicted molar refractivity (Wildman–Crippen MR) is 68.0 cm³/mol. The van der Waals surface area contributed by atoms with Crippen molar-refractivity contribution in [3.8, 4) is 0 Å². The van der Waals surface area contributed by atoms with E-state index in [0.717, 1.165) is 25.7 Å². The van der Waals surface area contributed by atoms with Crippen LogP contribution in [0.5, 0.6) is 0 Å². The quantitative estimate of drug-likeness (QED) is 0.396. The average molecular weight is 212 g/mol. The van der Waals surface area contributed by atoms with Crippen molar-refractivity contribution in [3.05, 3.63) is 12.7 Å². The first-order chi connectivity index (χ1) is 7.31. The molecule has 0 aromatic rings. The molecular formula is C14H28O. The van der Waals surface area contributed by atoms with Crippen molar-refractivity contribution < 1.29 is 5.11 Å². The summed E-state index contributed by atoms with van der Waals surface area (Å²) in [5, 5.41) is 9.64. The van der Waals surface area contributed by atoms with Crippen LogP contribution in [-0.4, -0.2) is 11.2 Å². The SMILES string of the molecule is C=CCCCC(O)CCCCCCCC. The highest BCUT2D eigenvalue weighted by molar-refractivity contribution is 4.67. The Hall–Kier alpha value is -0.300. The molecule has 15 heavy (non-hydrogen) atoms. The van der Waals surface area contributed by atoms with Gasteiger partial charge in [-0.1, -0.05) is 51.5 Å². The molecule has 1 heteroatoms.